The third kappa shape index (κ3) is 4.09. The van der Waals surface area contributed by atoms with Crippen molar-refractivity contribution in [2.24, 2.45) is 0 Å². The molecule has 3 nitrogen and oxygen atoms in total. The van der Waals surface area contributed by atoms with Crippen molar-refractivity contribution in [2.45, 2.75) is 0 Å². The van der Waals surface area contributed by atoms with Gasteiger partial charge in [-0.05, 0) is 94.5 Å². The minimum atomic E-state index is 1.02. The second-order valence-corrected chi connectivity index (χ2v) is 14.3. The molecule has 12 rings (SSSR count). The normalized spacial score (nSPS) is 12.1. The molecule has 8 aromatic carbocycles. The zero-order valence-electron chi connectivity index (χ0n) is 29.2. The largest absolute Gasteiger partial charge is 0.309 e. The molecule has 0 fully saturated rings. The summed E-state index contributed by atoms with van der Waals surface area (Å²) in [4.78, 5) is 5.17. The molecule has 3 heterocycles. The van der Waals surface area contributed by atoms with E-state index < -0.39 is 0 Å². The zero-order valence-corrected chi connectivity index (χ0v) is 29.2. The van der Waals surface area contributed by atoms with Crippen molar-refractivity contribution in [3.8, 4) is 56.0 Å². The van der Waals surface area contributed by atoms with Gasteiger partial charge in [-0.25, -0.2) is 0 Å². The lowest BCUT2D eigenvalue weighted by atomic mass is 9.97. The highest BCUT2D eigenvalue weighted by atomic mass is 15.0. The lowest BCUT2D eigenvalue weighted by Gasteiger charge is -2.10. The van der Waals surface area contributed by atoms with Gasteiger partial charge in [-0.15, -0.1) is 0 Å². The Balaban J connectivity index is 1.08. The van der Waals surface area contributed by atoms with Gasteiger partial charge in [0.25, 0.3) is 0 Å². The van der Waals surface area contributed by atoms with Crippen LogP contribution in [0.4, 0.5) is 0 Å². The third-order valence-corrected chi connectivity index (χ3v) is 11.5. The molecular weight excluding hydrogens is 655 g/mol. The summed E-state index contributed by atoms with van der Waals surface area (Å²) in [5.41, 5.74) is 16.7. The summed E-state index contributed by atoms with van der Waals surface area (Å²) < 4.78 is 4.77. The summed E-state index contributed by atoms with van der Waals surface area (Å²) in [6.07, 6.45) is 2.08. The molecule has 0 unspecified atom stereocenters. The van der Waals surface area contributed by atoms with Crippen LogP contribution in [0, 0.1) is 0 Å². The molecule has 0 spiro atoms. The SMILES string of the molecule is c1ccc(-n2c3ccccc3c3cc(-c4ccc5c(c4)c4cc(-c6ncc7c8c(cccc68)-c6ccccc6-7)ccc4n5-c4ccccc4)ccc32)cc1. The maximum absolute atomic E-state index is 5.17. The summed E-state index contributed by atoms with van der Waals surface area (Å²) in [6.45, 7) is 0. The van der Waals surface area contributed by atoms with E-state index in [4.69, 9.17) is 4.98 Å². The molecular formula is C51H31N3. The van der Waals surface area contributed by atoms with Gasteiger partial charge in [-0.2, -0.15) is 0 Å². The van der Waals surface area contributed by atoms with Gasteiger partial charge in [0.1, 0.15) is 0 Å². The predicted molar refractivity (Wildman–Crippen MR) is 226 cm³/mol. The highest BCUT2D eigenvalue weighted by Gasteiger charge is 2.24. The molecule has 0 saturated heterocycles. The molecule has 1 aliphatic carbocycles. The first-order valence-electron chi connectivity index (χ1n) is 18.5. The van der Waals surface area contributed by atoms with Crippen LogP contribution in [0.1, 0.15) is 0 Å². The number of rotatable bonds is 4. The number of hydrogen-bond donors (Lipinski definition) is 0. The quantitative estimate of drug-likeness (QED) is 0.181. The standard InChI is InChI=1S/C51H31N3/c1-3-12-35(13-4-1)53-46-21-10-9-18-39(46)42-28-32(22-25-47(42)53)33-23-26-48-43(29-33)44-30-34(24-27-49(44)54(48)36-14-5-2-6-15-36)51-41-20-11-19-40-37-16-7-8-17-38(37)45(31-52-51)50(40)41/h1-31H. The van der Waals surface area contributed by atoms with Crippen molar-refractivity contribution in [1.82, 2.24) is 14.1 Å². The number of para-hydroxylation sites is 3. The van der Waals surface area contributed by atoms with Crippen molar-refractivity contribution in [1.29, 1.82) is 0 Å². The van der Waals surface area contributed by atoms with E-state index in [0.717, 1.165) is 16.9 Å². The predicted octanol–water partition coefficient (Wildman–Crippen LogP) is 13.4. The molecule has 0 amide bonds. The van der Waals surface area contributed by atoms with Crippen LogP contribution < -0.4 is 0 Å². The van der Waals surface area contributed by atoms with Crippen LogP contribution in [0.3, 0.4) is 0 Å². The van der Waals surface area contributed by atoms with Gasteiger partial charge in [0.15, 0.2) is 0 Å². The molecule has 3 aromatic heterocycles. The fourth-order valence-corrected chi connectivity index (χ4v) is 9.13. The fourth-order valence-electron chi connectivity index (χ4n) is 9.13. The smallest absolute Gasteiger partial charge is 0.0781 e. The number of fused-ring (bicyclic) bond motifs is 9. The van der Waals surface area contributed by atoms with E-state index in [0.29, 0.717) is 0 Å². The van der Waals surface area contributed by atoms with Gasteiger partial charge < -0.3 is 9.13 Å². The van der Waals surface area contributed by atoms with Crippen LogP contribution in [-0.2, 0) is 0 Å². The van der Waals surface area contributed by atoms with Crippen molar-refractivity contribution in [3.05, 3.63) is 188 Å². The summed E-state index contributed by atoms with van der Waals surface area (Å²) in [5, 5.41) is 7.42. The summed E-state index contributed by atoms with van der Waals surface area (Å²) >= 11 is 0. The van der Waals surface area contributed by atoms with E-state index in [9.17, 15) is 0 Å². The van der Waals surface area contributed by atoms with Crippen LogP contribution in [0.15, 0.2) is 188 Å². The Hall–Kier alpha value is -7.23. The van der Waals surface area contributed by atoms with Crippen LogP contribution in [0.2, 0.25) is 0 Å². The zero-order chi connectivity index (χ0) is 35.3. The molecule has 3 heteroatoms. The van der Waals surface area contributed by atoms with Crippen LogP contribution >= 0.6 is 0 Å². The molecule has 0 N–H and O–H groups in total. The first kappa shape index (κ1) is 29.4. The second kappa shape index (κ2) is 11.1. The minimum Gasteiger partial charge on any atom is -0.309 e. The molecule has 1 aliphatic rings. The highest BCUT2D eigenvalue weighted by Crippen LogP contribution is 2.49. The maximum atomic E-state index is 5.17. The maximum Gasteiger partial charge on any atom is 0.0781 e. The van der Waals surface area contributed by atoms with Crippen LogP contribution in [-0.4, -0.2) is 14.1 Å². The summed E-state index contributed by atoms with van der Waals surface area (Å²) in [7, 11) is 0. The Morgan fingerprint density at radius 3 is 1.43 bits per heavy atom. The van der Waals surface area contributed by atoms with Gasteiger partial charge in [0.2, 0.25) is 0 Å². The number of nitrogens with zero attached hydrogens (tertiary/aromatic N) is 3. The van der Waals surface area contributed by atoms with E-state index in [1.165, 1.54) is 93.5 Å². The summed E-state index contributed by atoms with van der Waals surface area (Å²) in [6, 6.07) is 66.2. The van der Waals surface area contributed by atoms with Crippen molar-refractivity contribution >= 4 is 54.4 Å². The van der Waals surface area contributed by atoms with E-state index in [1.807, 2.05) is 0 Å². The van der Waals surface area contributed by atoms with Gasteiger partial charge in [-0.1, -0.05) is 115 Å². The molecule has 0 atom stereocenters. The number of benzene rings is 8. The average Bonchev–Trinajstić information content (AvgIpc) is 3.87. The topological polar surface area (TPSA) is 22.8 Å². The molecule has 0 saturated carbocycles. The fraction of sp³-hybridized carbons (Fsp3) is 0. The first-order valence-corrected chi connectivity index (χ1v) is 18.5. The first-order chi connectivity index (χ1) is 26.8. The van der Waals surface area contributed by atoms with E-state index >= 15 is 0 Å². The Labute approximate surface area is 311 Å². The van der Waals surface area contributed by atoms with E-state index in [-0.39, 0.29) is 0 Å². The van der Waals surface area contributed by atoms with Gasteiger partial charge >= 0.3 is 0 Å². The lowest BCUT2D eigenvalue weighted by molar-refractivity contribution is 1.18. The molecule has 250 valence electrons. The summed E-state index contributed by atoms with van der Waals surface area (Å²) in [5.74, 6) is 0. The van der Waals surface area contributed by atoms with Crippen molar-refractivity contribution in [2.75, 3.05) is 0 Å². The van der Waals surface area contributed by atoms with Crippen molar-refractivity contribution in [3.63, 3.8) is 0 Å². The van der Waals surface area contributed by atoms with Gasteiger partial charge in [-0.3, -0.25) is 4.98 Å². The minimum absolute atomic E-state index is 1.02. The average molecular weight is 686 g/mol. The Bertz CT molecular complexity index is 3280. The molecule has 0 aliphatic heterocycles. The monoisotopic (exact) mass is 685 g/mol. The van der Waals surface area contributed by atoms with Gasteiger partial charge in [0.05, 0.1) is 27.8 Å². The Kier molecular flexibility index (Phi) is 6.05. The van der Waals surface area contributed by atoms with E-state index in [1.54, 1.807) is 0 Å². The van der Waals surface area contributed by atoms with E-state index in [2.05, 4.69) is 197 Å². The van der Waals surface area contributed by atoms with Crippen LogP contribution in [0.5, 0.6) is 0 Å². The number of pyridine rings is 1. The Morgan fingerprint density at radius 1 is 0.315 bits per heavy atom. The Morgan fingerprint density at radius 2 is 0.778 bits per heavy atom. The van der Waals surface area contributed by atoms with Crippen molar-refractivity contribution < 1.29 is 0 Å². The highest BCUT2D eigenvalue weighted by molar-refractivity contribution is 6.19. The second-order valence-electron chi connectivity index (χ2n) is 14.3. The lowest BCUT2D eigenvalue weighted by Crippen LogP contribution is -1.93. The van der Waals surface area contributed by atoms with Crippen LogP contribution in [0.25, 0.3) is 110 Å². The van der Waals surface area contributed by atoms with Gasteiger partial charge in [0, 0.05) is 61.0 Å². The molecule has 54 heavy (non-hydrogen) atoms. The molecule has 0 bridgehead atoms. The number of hydrogen-bond acceptors (Lipinski definition) is 1. The third-order valence-electron chi connectivity index (χ3n) is 11.5. The molecule has 11 aromatic rings. The molecule has 0 radical (unpaired) electrons. The number of aromatic nitrogens is 3.